The molecular weight excluding hydrogens is 711 g/mol. The highest BCUT2D eigenvalue weighted by Crippen LogP contribution is 2.50. The number of nitrogens with zero attached hydrogens (tertiary/aromatic N) is 1. The molecule has 11 rings (SSSR count). The number of allylic oxidation sites excluding steroid dienone is 2. The molecule has 9 aromatic carbocycles. The van der Waals surface area contributed by atoms with Crippen LogP contribution in [0.2, 0.25) is 0 Å². The Labute approximate surface area is 347 Å². The zero-order valence-electron chi connectivity index (χ0n) is 33.7. The van der Waals surface area contributed by atoms with Crippen molar-refractivity contribution in [3.8, 4) is 33.4 Å². The number of benzene rings is 9. The van der Waals surface area contributed by atoms with Crippen LogP contribution in [0.1, 0.15) is 37.5 Å². The van der Waals surface area contributed by atoms with Gasteiger partial charge >= 0.3 is 0 Å². The third-order valence-electron chi connectivity index (χ3n) is 13.3. The standard InChI is InChI=1S/C58H45N/c1-38-48(45-29-35-56-54(37-45)53-16-8-9-20-55(53)58(56,2)3)17-11-21-57(38)59(46-30-24-40(25-31-46)44-23-22-39-12-4-5-14-43(39)36-44)47-32-26-42(27-33-47)50-18-10-19-51-49-15-7-6-13-41(49)28-34-52(50)51/h4-38,57H,1-3H3. The summed E-state index contributed by atoms with van der Waals surface area (Å²) in [5.41, 5.74) is 15.4. The average Bonchev–Trinajstić information content (AvgIpc) is 3.52. The summed E-state index contributed by atoms with van der Waals surface area (Å²) < 4.78 is 0. The van der Waals surface area contributed by atoms with Gasteiger partial charge in [-0.25, -0.2) is 0 Å². The van der Waals surface area contributed by atoms with Gasteiger partial charge in [0.15, 0.2) is 0 Å². The Kier molecular flexibility index (Phi) is 8.27. The summed E-state index contributed by atoms with van der Waals surface area (Å²) >= 11 is 0. The highest BCUT2D eigenvalue weighted by Gasteiger charge is 2.36. The lowest BCUT2D eigenvalue weighted by atomic mass is 9.80. The van der Waals surface area contributed by atoms with E-state index in [4.69, 9.17) is 0 Å². The summed E-state index contributed by atoms with van der Waals surface area (Å²) in [7, 11) is 0. The molecule has 1 heteroatoms. The normalized spacial score (nSPS) is 16.6. The van der Waals surface area contributed by atoms with Crippen LogP contribution in [0.5, 0.6) is 0 Å². The van der Waals surface area contributed by atoms with Gasteiger partial charge < -0.3 is 4.90 Å². The van der Waals surface area contributed by atoms with Crippen molar-refractivity contribution in [2.75, 3.05) is 4.90 Å². The van der Waals surface area contributed by atoms with Crippen LogP contribution < -0.4 is 4.90 Å². The van der Waals surface area contributed by atoms with Crippen LogP contribution in [0.25, 0.3) is 71.3 Å². The minimum absolute atomic E-state index is 0.0126. The van der Waals surface area contributed by atoms with Crippen LogP contribution in [0.3, 0.4) is 0 Å². The van der Waals surface area contributed by atoms with E-state index in [-0.39, 0.29) is 17.4 Å². The van der Waals surface area contributed by atoms with Crippen molar-refractivity contribution in [3.63, 3.8) is 0 Å². The van der Waals surface area contributed by atoms with E-state index in [1.165, 1.54) is 99.3 Å². The Morgan fingerprint density at radius 3 is 1.85 bits per heavy atom. The molecule has 0 aliphatic heterocycles. The molecule has 0 aromatic heterocycles. The molecule has 0 spiro atoms. The molecule has 1 nitrogen and oxygen atoms in total. The molecule has 9 aromatic rings. The van der Waals surface area contributed by atoms with Crippen LogP contribution in [0.15, 0.2) is 206 Å². The molecule has 0 saturated heterocycles. The van der Waals surface area contributed by atoms with Gasteiger partial charge in [0, 0.05) is 22.7 Å². The quantitative estimate of drug-likeness (QED) is 0.153. The molecule has 2 aliphatic carbocycles. The number of anilines is 2. The summed E-state index contributed by atoms with van der Waals surface area (Å²) in [5, 5.41) is 7.65. The van der Waals surface area contributed by atoms with Crippen molar-refractivity contribution >= 4 is 49.3 Å². The summed E-state index contributed by atoms with van der Waals surface area (Å²) in [5.74, 6) is 0.217. The van der Waals surface area contributed by atoms with Gasteiger partial charge in [0.25, 0.3) is 0 Å². The van der Waals surface area contributed by atoms with Gasteiger partial charge in [-0.1, -0.05) is 191 Å². The van der Waals surface area contributed by atoms with Crippen molar-refractivity contribution in [2.45, 2.75) is 32.2 Å². The number of hydrogen-bond donors (Lipinski definition) is 0. The lowest BCUT2D eigenvalue weighted by Gasteiger charge is -2.38. The maximum absolute atomic E-state index is 2.55. The van der Waals surface area contributed by atoms with E-state index >= 15 is 0 Å². The van der Waals surface area contributed by atoms with Crippen molar-refractivity contribution < 1.29 is 0 Å². The van der Waals surface area contributed by atoms with Crippen molar-refractivity contribution in [3.05, 3.63) is 223 Å². The van der Waals surface area contributed by atoms with Crippen LogP contribution in [-0.2, 0) is 5.41 Å². The molecule has 282 valence electrons. The SMILES string of the molecule is CC1C(c2ccc3c(c2)-c2ccccc2C3(C)C)=CC=CC1N(c1ccc(-c2ccc3ccccc3c2)cc1)c1ccc(-c2cccc3c2ccc2ccccc23)cc1. The molecular formula is C58H45N. The number of hydrogen-bond acceptors (Lipinski definition) is 1. The second-order valence-electron chi connectivity index (χ2n) is 16.9. The van der Waals surface area contributed by atoms with Crippen molar-refractivity contribution in [2.24, 2.45) is 5.92 Å². The molecule has 0 bridgehead atoms. The molecule has 0 N–H and O–H groups in total. The van der Waals surface area contributed by atoms with Gasteiger partial charge in [-0.05, 0) is 124 Å². The Bertz CT molecular complexity index is 3140. The zero-order valence-corrected chi connectivity index (χ0v) is 33.7. The zero-order chi connectivity index (χ0) is 39.7. The molecule has 0 radical (unpaired) electrons. The van der Waals surface area contributed by atoms with Crippen molar-refractivity contribution in [1.29, 1.82) is 0 Å². The van der Waals surface area contributed by atoms with Gasteiger partial charge in [0.2, 0.25) is 0 Å². The second kappa shape index (κ2) is 13.9. The first-order chi connectivity index (χ1) is 28.9. The minimum Gasteiger partial charge on any atom is -0.334 e. The monoisotopic (exact) mass is 755 g/mol. The average molecular weight is 756 g/mol. The first-order valence-corrected chi connectivity index (χ1v) is 20.9. The molecule has 59 heavy (non-hydrogen) atoms. The van der Waals surface area contributed by atoms with E-state index in [0.717, 1.165) is 0 Å². The van der Waals surface area contributed by atoms with Gasteiger partial charge in [-0.3, -0.25) is 0 Å². The van der Waals surface area contributed by atoms with Crippen LogP contribution >= 0.6 is 0 Å². The number of rotatable bonds is 6. The highest BCUT2D eigenvalue weighted by atomic mass is 15.2. The molecule has 0 saturated carbocycles. The predicted octanol–water partition coefficient (Wildman–Crippen LogP) is 15.6. The number of fused-ring (bicyclic) bond motifs is 7. The Hall–Kier alpha value is -6.96. The maximum Gasteiger partial charge on any atom is 0.0591 e. The Balaban J connectivity index is 0.984. The molecule has 2 aliphatic rings. The summed E-state index contributed by atoms with van der Waals surface area (Å²) in [6.45, 7) is 7.11. The largest absolute Gasteiger partial charge is 0.334 e. The fourth-order valence-electron chi connectivity index (χ4n) is 10.1. The van der Waals surface area contributed by atoms with Gasteiger partial charge in [-0.15, -0.1) is 0 Å². The van der Waals surface area contributed by atoms with E-state index in [2.05, 4.69) is 232 Å². The third kappa shape index (κ3) is 5.83. The third-order valence-corrected chi connectivity index (χ3v) is 13.3. The van der Waals surface area contributed by atoms with E-state index in [0.29, 0.717) is 0 Å². The Morgan fingerprint density at radius 1 is 0.424 bits per heavy atom. The van der Waals surface area contributed by atoms with Gasteiger partial charge in [-0.2, -0.15) is 0 Å². The van der Waals surface area contributed by atoms with Crippen molar-refractivity contribution in [1.82, 2.24) is 0 Å². The van der Waals surface area contributed by atoms with E-state index in [9.17, 15) is 0 Å². The summed E-state index contributed by atoms with van der Waals surface area (Å²) in [6, 6.07) is 70.0. The lowest BCUT2D eigenvalue weighted by Crippen LogP contribution is -2.36. The van der Waals surface area contributed by atoms with Crippen LogP contribution in [0.4, 0.5) is 11.4 Å². The predicted molar refractivity (Wildman–Crippen MR) is 252 cm³/mol. The Morgan fingerprint density at radius 2 is 1.03 bits per heavy atom. The molecule has 0 amide bonds. The first kappa shape index (κ1) is 35.2. The van der Waals surface area contributed by atoms with Gasteiger partial charge in [0.05, 0.1) is 6.04 Å². The van der Waals surface area contributed by atoms with E-state index < -0.39 is 0 Å². The second-order valence-corrected chi connectivity index (χ2v) is 16.9. The smallest absolute Gasteiger partial charge is 0.0591 e. The molecule has 0 fully saturated rings. The van der Waals surface area contributed by atoms with Crippen LogP contribution in [-0.4, -0.2) is 6.04 Å². The molecule has 2 unspecified atom stereocenters. The summed E-state index contributed by atoms with van der Waals surface area (Å²) in [6.07, 6.45) is 7.00. The van der Waals surface area contributed by atoms with E-state index in [1.54, 1.807) is 0 Å². The van der Waals surface area contributed by atoms with E-state index in [1.807, 2.05) is 0 Å². The fourth-order valence-corrected chi connectivity index (χ4v) is 10.1. The lowest BCUT2D eigenvalue weighted by molar-refractivity contribution is 0.625. The maximum atomic E-state index is 2.55. The fraction of sp³-hybridized carbons (Fsp3) is 0.103. The molecule has 0 heterocycles. The van der Waals surface area contributed by atoms with Crippen LogP contribution in [0, 0.1) is 5.92 Å². The minimum atomic E-state index is -0.0126. The topological polar surface area (TPSA) is 3.24 Å². The van der Waals surface area contributed by atoms with Gasteiger partial charge in [0.1, 0.15) is 0 Å². The molecule has 2 atom stereocenters. The first-order valence-electron chi connectivity index (χ1n) is 20.9. The summed E-state index contributed by atoms with van der Waals surface area (Å²) in [4.78, 5) is 2.55. The highest BCUT2D eigenvalue weighted by molar-refractivity contribution is 6.12.